The molecule has 1 aliphatic heterocycles. The average Bonchev–Trinajstić information content (AvgIpc) is 2.94. The molecule has 0 aliphatic carbocycles. The van der Waals surface area contributed by atoms with Crippen molar-refractivity contribution in [3.63, 3.8) is 0 Å². The minimum Gasteiger partial charge on any atom is -0.315 e. The van der Waals surface area contributed by atoms with Crippen LogP contribution in [0, 0.1) is 13.8 Å². The zero-order valence-corrected chi connectivity index (χ0v) is 11.9. The van der Waals surface area contributed by atoms with E-state index in [-0.39, 0.29) is 5.78 Å². The summed E-state index contributed by atoms with van der Waals surface area (Å²) in [4.78, 5) is 16.8. The molecule has 0 amide bonds. The molecular formula is C13H16N4OS. The second-order valence-electron chi connectivity index (χ2n) is 4.90. The molecule has 0 saturated carbocycles. The molecule has 0 unspecified atom stereocenters. The number of aryl methyl sites for hydroxylation is 2. The Morgan fingerprint density at radius 2 is 2.26 bits per heavy atom. The first kappa shape index (κ1) is 12.5. The van der Waals surface area contributed by atoms with Crippen LogP contribution in [-0.2, 0) is 13.1 Å². The lowest BCUT2D eigenvalue weighted by Gasteiger charge is -2.26. The smallest absolute Gasteiger partial charge is 0.177 e. The summed E-state index contributed by atoms with van der Waals surface area (Å²) in [5, 5.41) is 7.97. The number of carbonyl (C=O) groups excluding carboxylic acids is 1. The highest BCUT2D eigenvalue weighted by Gasteiger charge is 2.21. The molecule has 19 heavy (non-hydrogen) atoms. The topological polar surface area (TPSA) is 51.0 Å². The van der Waals surface area contributed by atoms with E-state index in [1.807, 2.05) is 24.5 Å². The third kappa shape index (κ3) is 2.46. The van der Waals surface area contributed by atoms with E-state index in [1.165, 1.54) is 4.88 Å². The molecule has 0 saturated heterocycles. The van der Waals surface area contributed by atoms with Gasteiger partial charge in [-0.2, -0.15) is 0 Å². The monoisotopic (exact) mass is 276 g/mol. The minimum atomic E-state index is 0.204. The normalized spacial score (nSPS) is 15.5. The third-order valence-electron chi connectivity index (χ3n) is 3.43. The molecule has 100 valence electrons. The van der Waals surface area contributed by atoms with Gasteiger partial charge in [0.1, 0.15) is 12.2 Å². The van der Waals surface area contributed by atoms with Crippen molar-refractivity contribution < 1.29 is 4.79 Å². The molecule has 3 rings (SSSR count). The second kappa shape index (κ2) is 4.86. The van der Waals surface area contributed by atoms with Crippen LogP contribution in [0.2, 0.25) is 0 Å². The largest absolute Gasteiger partial charge is 0.315 e. The summed E-state index contributed by atoms with van der Waals surface area (Å²) in [6.45, 7) is 6.95. The zero-order valence-electron chi connectivity index (χ0n) is 11.1. The van der Waals surface area contributed by atoms with Crippen molar-refractivity contribution in [1.29, 1.82) is 0 Å². The van der Waals surface area contributed by atoms with E-state index in [1.54, 1.807) is 17.7 Å². The summed E-state index contributed by atoms with van der Waals surface area (Å²) < 4.78 is 2.04. The molecule has 6 heteroatoms. The van der Waals surface area contributed by atoms with Gasteiger partial charge in [-0.3, -0.25) is 9.69 Å². The summed E-state index contributed by atoms with van der Waals surface area (Å²) in [5.74, 6) is 1.15. The number of carbonyl (C=O) groups is 1. The van der Waals surface area contributed by atoms with Crippen molar-refractivity contribution in [2.45, 2.75) is 26.9 Å². The molecule has 5 nitrogen and oxygen atoms in total. The highest BCUT2D eigenvalue weighted by atomic mass is 32.1. The zero-order chi connectivity index (χ0) is 13.4. The van der Waals surface area contributed by atoms with Gasteiger partial charge in [-0.25, -0.2) is 0 Å². The summed E-state index contributed by atoms with van der Waals surface area (Å²) in [5.41, 5.74) is 0.870. The lowest BCUT2D eigenvalue weighted by Crippen LogP contribution is -2.37. The number of Topliss-reactive ketones (excluding diaryl/α,β-unsaturated/α-hetero) is 1. The van der Waals surface area contributed by atoms with Crippen LogP contribution in [0.3, 0.4) is 0 Å². The van der Waals surface area contributed by atoms with Gasteiger partial charge in [0.2, 0.25) is 0 Å². The fourth-order valence-electron chi connectivity index (χ4n) is 2.45. The van der Waals surface area contributed by atoms with Crippen LogP contribution >= 0.6 is 11.3 Å². The van der Waals surface area contributed by atoms with E-state index in [0.717, 1.165) is 29.4 Å². The summed E-state index contributed by atoms with van der Waals surface area (Å²) >= 11 is 1.68. The highest BCUT2D eigenvalue weighted by Crippen LogP contribution is 2.21. The molecular weight excluding hydrogens is 260 g/mol. The van der Waals surface area contributed by atoms with E-state index in [9.17, 15) is 4.79 Å². The number of aromatic nitrogens is 3. The van der Waals surface area contributed by atoms with Crippen LogP contribution < -0.4 is 0 Å². The number of hydrogen-bond acceptors (Lipinski definition) is 5. The maximum atomic E-state index is 12.3. The van der Waals surface area contributed by atoms with Crippen LogP contribution in [0.25, 0.3) is 0 Å². The number of thiophene rings is 1. The summed E-state index contributed by atoms with van der Waals surface area (Å²) in [6, 6.07) is 1.99. The van der Waals surface area contributed by atoms with Gasteiger partial charge in [0.15, 0.2) is 5.78 Å². The van der Waals surface area contributed by atoms with Crippen LogP contribution in [0.1, 0.15) is 25.9 Å². The van der Waals surface area contributed by atoms with Crippen LogP contribution in [-0.4, -0.2) is 38.5 Å². The van der Waals surface area contributed by atoms with E-state index in [4.69, 9.17) is 0 Å². The summed E-state index contributed by atoms with van der Waals surface area (Å²) in [6.07, 6.45) is 1.75. The number of ketones is 1. The maximum Gasteiger partial charge on any atom is 0.177 e. The molecule has 2 aromatic rings. The Labute approximate surface area is 115 Å². The van der Waals surface area contributed by atoms with Crippen molar-refractivity contribution in [3.8, 4) is 0 Å². The fourth-order valence-corrected chi connectivity index (χ4v) is 3.39. The summed E-state index contributed by atoms with van der Waals surface area (Å²) in [7, 11) is 0. The Bertz CT molecular complexity index is 616. The molecule has 0 N–H and O–H groups in total. The van der Waals surface area contributed by atoms with Gasteiger partial charge in [0.05, 0.1) is 13.1 Å². The van der Waals surface area contributed by atoms with Gasteiger partial charge in [-0.15, -0.1) is 21.5 Å². The molecule has 0 aromatic carbocycles. The Balaban J connectivity index is 1.70. The Morgan fingerprint density at radius 3 is 3.00 bits per heavy atom. The fraction of sp³-hybridized carbons (Fsp3) is 0.462. The first-order valence-electron chi connectivity index (χ1n) is 6.33. The average molecular weight is 276 g/mol. The Hall–Kier alpha value is -1.53. The van der Waals surface area contributed by atoms with Crippen LogP contribution in [0.15, 0.2) is 12.4 Å². The SMILES string of the molecule is Cc1cc(C(=O)CN2CCn3cnnc3C2)c(C)s1. The van der Waals surface area contributed by atoms with Gasteiger partial charge in [-0.05, 0) is 19.9 Å². The van der Waals surface area contributed by atoms with Crippen molar-refractivity contribution in [2.24, 2.45) is 0 Å². The van der Waals surface area contributed by atoms with E-state index in [2.05, 4.69) is 15.1 Å². The van der Waals surface area contributed by atoms with Crippen LogP contribution in [0.4, 0.5) is 0 Å². The molecule has 0 radical (unpaired) electrons. The number of rotatable bonds is 3. The van der Waals surface area contributed by atoms with Gasteiger partial charge in [-0.1, -0.05) is 0 Å². The Morgan fingerprint density at radius 1 is 1.42 bits per heavy atom. The van der Waals surface area contributed by atoms with E-state index < -0.39 is 0 Å². The van der Waals surface area contributed by atoms with Gasteiger partial charge in [0.25, 0.3) is 0 Å². The van der Waals surface area contributed by atoms with Crippen molar-refractivity contribution in [1.82, 2.24) is 19.7 Å². The maximum absolute atomic E-state index is 12.3. The molecule has 0 bridgehead atoms. The lowest BCUT2D eigenvalue weighted by molar-refractivity contribution is 0.0908. The van der Waals surface area contributed by atoms with E-state index >= 15 is 0 Å². The van der Waals surface area contributed by atoms with Crippen molar-refractivity contribution >= 4 is 17.1 Å². The first-order valence-corrected chi connectivity index (χ1v) is 7.14. The quantitative estimate of drug-likeness (QED) is 0.800. The highest BCUT2D eigenvalue weighted by molar-refractivity contribution is 7.12. The van der Waals surface area contributed by atoms with Crippen molar-refractivity contribution in [2.75, 3.05) is 13.1 Å². The van der Waals surface area contributed by atoms with Gasteiger partial charge >= 0.3 is 0 Å². The van der Waals surface area contributed by atoms with Gasteiger partial charge in [0, 0.05) is 28.4 Å². The predicted octanol–water partition coefficient (Wildman–Crippen LogP) is 1.65. The van der Waals surface area contributed by atoms with Crippen LogP contribution in [0.5, 0.6) is 0 Å². The van der Waals surface area contributed by atoms with E-state index in [0.29, 0.717) is 13.1 Å². The molecule has 0 atom stereocenters. The Kier molecular flexibility index (Phi) is 3.20. The standard InChI is InChI=1S/C13H16N4OS/c1-9-5-11(10(2)19-9)12(18)6-16-3-4-17-8-14-15-13(17)7-16/h5,8H,3-4,6-7H2,1-2H3. The molecule has 1 aliphatic rings. The molecule has 0 spiro atoms. The third-order valence-corrected chi connectivity index (χ3v) is 4.39. The number of hydrogen-bond donors (Lipinski definition) is 0. The lowest BCUT2D eigenvalue weighted by atomic mass is 10.1. The predicted molar refractivity (Wildman–Crippen MR) is 73.4 cm³/mol. The van der Waals surface area contributed by atoms with Gasteiger partial charge < -0.3 is 4.57 Å². The minimum absolute atomic E-state index is 0.204. The van der Waals surface area contributed by atoms with Crippen molar-refractivity contribution in [3.05, 3.63) is 33.5 Å². The number of fused-ring (bicyclic) bond motifs is 1. The number of nitrogens with zero attached hydrogens (tertiary/aromatic N) is 4. The molecule has 3 heterocycles. The molecule has 0 fully saturated rings. The second-order valence-corrected chi connectivity index (χ2v) is 6.36. The molecule has 2 aromatic heterocycles. The first-order chi connectivity index (χ1) is 9.13.